The van der Waals surface area contributed by atoms with Crippen molar-refractivity contribution in [3.05, 3.63) is 174 Å². The van der Waals surface area contributed by atoms with Crippen LogP contribution in [0, 0.1) is 12.1 Å². The summed E-state index contributed by atoms with van der Waals surface area (Å²) >= 11 is 0. The predicted molar refractivity (Wildman–Crippen MR) is 250 cm³/mol. The maximum absolute atomic E-state index is 7.02. The van der Waals surface area contributed by atoms with E-state index in [1.165, 1.54) is 28.1 Å². The molecule has 7 heteroatoms. The van der Waals surface area contributed by atoms with Crippen molar-refractivity contribution in [3.8, 4) is 34.0 Å². The van der Waals surface area contributed by atoms with E-state index in [4.69, 9.17) is 14.4 Å². The molecule has 0 fully saturated rings. The molecule has 311 valence electrons. The van der Waals surface area contributed by atoms with Gasteiger partial charge in [0.2, 0.25) is 0 Å². The Morgan fingerprint density at radius 1 is 0.597 bits per heavy atom. The number of benzene rings is 6. The minimum absolute atomic E-state index is 0. The van der Waals surface area contributed by atoms with E-state index in [1.807, 2.05) is 48.5 Å². The molecule has 0 unspecified atom stereocenters. The average Bonchev–Trinajstić information content (AvgIpc) is 3.99. The molecule has 0 N–H and O–H groups in total. The van der Waals surface area contributed by atoms with Crippen molar-refractivity contribution in [2.45, 2.75) is 78.1 Å². The molecule has 6 nitrogen and oxygen atoms in total. The van der Waals surface area contributed by atoms with Crippen LogP contribution in [-0.4, -0.2) is 24.1 Å². The smallest absolute Gasteiger partial charge is 0.148 e. The van der Waals surface area contributed by atoms with Crippen LogP contribution in [-0.2, 0) is 30.9 Å². The number of para-hydroxylation sites is 4. The predicted octanol–water partition coefficient (Wildman–Crippen LogP) is 14.1. The number of rotatable bonds is 5. The number of hydrogen-bond donors (Lipinski definition) is 0. The Morgan fingerprint density at radius 3 is 2.03 bits per heavy atom. The van der Waals surface area contributed by atoms with E-state index in [9.17, 15) is 0 Å². The van der Waals surface area contributed by atoms with E-state index in [1.54, 1.807) is 6.20 Å². The Kier molecular flexibility index (Phi) is 10.4. The maximum Gasteiger partial charge on any atom is 0.148 e. The fourth-order valence-electron chi connectivity index (χ4n) is 9.25. The number of aromatic nitrogens is 5. The van der Waals surface area contributed by atoms with E-state index >= 15 is 0 Å². The topological polar surface area (TPSA) is 61.7 Å². The molecule has 0 spiro atoms. The molecule has 5 heterocycles. The molecule has 0 atom stereocenters. The first kappa shape index (κ1) is 41.2. The van der Waals surface area contributed by atoms with Crippen LogP contribution in [0.1, 0.15) is 89.7 Å². The quantitative estimate of drug-likeness (QED) is 0.161. The summed E-state index contributed by atoms with van der Waals surface area (Å²) in [5.41, 5.74) is 14.4. The first-order valence-electron chi connectivity index (χ1n) is 21.3. The average molecular weight is 988 g/mol. The van der Waals surface area contributed by atoms with Crippen LogP contribution in [0.15, 0.2) is 144 Å². The monoisotopic (exact) mass is 988 g/mol. The molecule has 0 bridgehead atoms. The van der Waals surface area contributed by atoms with Gasteiger partial charge >= 0.3 is 0 Å². The van der Waals surface area contributed by atoms with Crippen LogP contribution in [0.5, 0.6) is 0 Å². The molecule has 1 aliphatic rings. The zero-order valence-corrected chi connectivity index (χ0v) is 38.8. The first-order chi connectivity index (χ1) is 29.5. The van der Waals surface area contributed by atoms with Gasteiger partial charge in [-0.05, 0) is 70.6 Å². The molecule has 1 aliphatic heterocycles. The van der Waals surface area contributed by atoms with Gasteiger partial charge < -0.3 is 14.0 Å². The summed E-state index contributed by atoms with van der Waals surface area (Å²) in [5, 5.41) is 2.09. The van der Waals surface area contributed by atoms with Gasteiger partial charge in [0.1, 0.15) is 16.9 Å². The van der Waals surface area contributed by atoms with Crippen molar-refractivity contribution in [3.63, 3.8) is 0 Å². The number of imidazole rings is 2. The van der Waals surface area contributed by atoms with Crippen LogP contribution >= 0.6 is 0 Å². The van der Waals surface area contributed by atoms with E-state index < -0.39 is 0 Å². The van der Waals surface area contributed by atoms with Gasteiger partial charge in [-0.2, -0.15) is 0 Å². The van der Waals surface area contributed by atoms with Crippen molar-refractivity contribution in [1.29, 1.82) is 0 Å². The van der Waals surface area contributed by atoms with Crippen molar-refractivity contribution < 1.29 is 24.5 Å². The van der Waals surface area contributed by atoms with Crippen molar-refractivity contribution >= 4 is 44.0 Å². The molecule has 10 aromatic rings. The second-order valence-electron chi connectivity index (χ2n) is 17.9. The molecule has 4 aromatic heterocycles. The molecule has 0 saturated carbocycles. The van der Waals surface area contributed by atoms with Crippen LogP contribution in [0.25, 0.3) is 78.0 Å². The number of fused-ring (bicyclic) bond motifs is 10. The standard InChI is InChI=1S/C44H41N4O.C11H8N.Ir/c1-25(2)27-15-13-16-28(26(3)4)38(27)48-35-22-12-10-20-33(35)45-41(48)31-18-14-17-29-30-23-24-36-37(40(30)49-39(29)31)46-42-44(7,8)43(5,6)32-19-9-11-21-34(32)47(36)42;1-2-6-10(7-3-1)11-8-4-5-9-12-11;/h9-17,19-26H,1-8H3;1-6,8-9H;/q2*-1;. The van der Waals surface area contributed by atoms with E-state index in [2.05, 4.69) is 167 Å². The SMILES string of the molecule is CC(C)c1cccc(C(C)C)c1-n1c(-c2[c-]ccc3c2oc2c3ccc3c2nc2n3-c3ccccc3C(C)(C)C2(C)C)nc2ccccc21.[Ir].[c-]1ccccc1-c1ccccn1. The van der Waals surface area contributed by atoms with Crippen molar-refractivity contribution in [2.24, 2.45) is 0 Å². The van der Waals surface area contributed by atoms with Gasteiger partial charge in [-0.25, -0.2) is 4.98 Å². The van der Waals surface area contributed by atoms with E-state index in [-0.39, 0.29) is 30.9 Å². The minimum atomic E-state index is -0.222. The molecular formula is C55H49IrN5O-2. The zero-order chi connectivity index (χ0) is 42.2. The minimum Gasteiger partial charge on any atom is -0.498 e. The molecule has 62 heavy (non-hydrogen) atoms. The van der Waals surface area contributed by atoms with Gasteiger partial charge in [-0.1, -0.05) is 127 Å². The molecule has 1 radical (unpaired) electrons. The summed E-state index contributed by atoms with van der Waals surface area (Å²) in [6.07, 6.45) is 1.79. The van der Waals surface area contributed by atoms with Gasteiger partial charge in [-0.15, -0.1) is 54.1 Å². The second-order valence-corrected chi connectivity index (χ2v) is 17.9. The van der Waals surface area contributed by atoms with E-state index in [0.29, 0.717) is 11.8 Å². The van der Waals surface area contributed by atoms with Crippen LogP contribution in [0.2, 0.25) is 0 Å². The molecule has 6 aromatic carbocycles. The fourth-order valence-corrected chi connectivity index (χ4v) is 9.25. The van der Waals surface area contributed by atoms with Crippen LogP contribution < -0.4 is 0 Å². The van der Waals surface area contributed by atoms with Gasteiger partial charge in [-0.3, -0.25) is 9.55 Å². The summed E-state index contributed by atoms with van der Waals surface area (Å²) in [6, 6.07) is 52.8. The summed E-state index contributed by atoms with van der Waals surface area (Å²) < 4.78 is 11.7. The Morgan fingerprint density at radius 2 is 1.31 bits per heavy atom. The molecular weight excluding hydrogens is 939 g/mol. The largest absolute Gasteiger partial charge is 0.498 e. The maximum atomic E-state index is 7.02. The number of hydrogen-bond acceptors (Lipinski definition) is 4. The van der Waals surface area contributed by atoms with Crippen LogP contribution in [0.4, 0.5) is 0 Å². The summed E-state index contributed by atoms with van der Waals surface area (Å²) in [5.74, 6) is 2.54. The molecule has 11 rings (SSSR count). The summed E-state index contributed by atoms with van der Waals surface area (Å²) in [4.78, 5) is 15.0. The third kappa shape index (κ3) is 6.36. The second kappa shape index (κ2) is 15.6. The van der Waals surface area contributed by atoms with Gasteiger partial charge in [0.25, 0.3) is 0 Å². The fraction of sp³-hybridized carbons (Fsp3) is 0.218. The third-order valence-corrected chi connectivity index (χ3v) is 13.2. The summed E-state index contributed by atoms with van der Waals surface area (Å²) in [6.45, 7) is 18.4. The Labute approximate surface area is 377 Å². The normalized spacial score (nSPS) is 13.9. The van der Waals surface area contributed by atoms with Gasteiger partial charge in [0.15, 0.2) is 0 Å². The van der Waals surface area contributed by atoms with Gasteiger partial charge in [0.05, 0.1) is 33.6 Å². The number of furan rings is 1. The molecule has 0 saturated heterocycles. The Hall–Kier alpha value is -6.14. The molecule has 0 amide bonds. The van der Waals surface area contributed by atoms with E-state index in [0.717, 1.165) is 72.5 Å². The number of pyridine rings is 1. The summed E-state index contributed by atoms with van der Waals surface area (Å²) in [7, 11) is 0. The Bertz CT molecular complexity index is 3200. The molecule has 0 aliphatic carbocycles. The third-order valence-electron chi connectivity index (χ3n) is 13.2. The Balaban J connectivity index is 0.000000325. The van der Waals surface area contributed by atoms with Crippen LogP contribution in [0.3, 0.4) is 0 Å². The first-order valence-corrected chi connectivity index (χ1v) is 21.3. The van der Waals surface area contributed by atoms with Gasteiger partial charge in [0, 0.05) is 48.2 Å². The van der Waals surface area contributed by atoms with Crippen molar-refractivity contribution in [1.82, 2.24) is 24.1 Å². The van der Waals surface area contributed by atoms with Crippen molar-refractivity contribution in [2.75, 3.05) is 0 Å². The zero-order valence-electron chi connectivity index (χ0n) is 36.4. The number of nitrogens with zero attached hydrogens (tertiary/aromatic N) is 5.